The standard InChI is InChI=1S/C16H11N3O5/c17-15(21)13-8-9-7-11(19(22)23)3-6-14(9)24-16(13)18-10-1-4-12(20)5-2-10/h1-8,20H,(H2,17,21). The highest BCUT2D eigenvalue weighted by atomic mass is 16.6. The largest absolute Gasteiger partial charge is 0.508 e. The van der Waals surface area contributed by atoms with E-state index >= 15 is 0 Å². The Labute approximate surface area is 134 Å². The van der Waals surface area contributed by atoms with Gasteiger partial charge in [0.25, 0.3) is 11.6 Å². The van der Waals surface area contributed by atoms with Gasteiger partial charge in [0.05, 0.1) is 10.6 Å². The van der Waals surface area contributed by atoms with Crippen LogP contribution in [-0.2, 0) is 0 Å². The quantitative estimate of drug-likeness (QED) is 0.563. The zero-order valence-corrected chi connectivity index (χ0v) is 12.2. The third kappa shape index (κ3) is 2.93. The number of nitrogens with zero attached hydrogens (tertiary/aromatic N) is 2. The van der Waals surface area contributed by atoms with E-state index in [1.165, 1.54) is 48.5 Å². The van der Waals surface area contributed by atoms with Crippen molar-refractivity contribution in [3.05, 3.63) is 69.8 Å². The van der Waals surface area contributed by atoms with Crippen molar-refractivity contribution in [2.75, 3.05) is 0 Å². The first-order valence-corrected chi connectivity index (χ1v) is 6.80. The summed E-state index contributed by atoms with van der Waals surface area (Å²) in [6.07, 6.45) is 0. The molecule has 8 heteroatoms. The molecule has 0 spiro atoms. The summed E-state index contributed by atoms with van der Waals surface area (Å²) in [5.41, 5.74) is 5.96. The summed E-state index contributed by atoms with van der Waals surface area (Å²) in [6, 6.07) is 11.4. The number of nitro groups is 1. The van der Waals surface area contributed by atoms with Crippen LogP contribution in [0.2, 0.25) is 0 Å². The first-order chi connectivity index (χ1) is 11.4. The highest BCUT2D eigenvalue weighted by Gasteiger charge is 2.12. The van der Waals surface area contributed by atoms with Crippen molar-refractivity contribution in [3.8, 4) is 5.75 Å². The van der Waals surface area contributed by atoms with Gasteiger partial charge >= 0.3 is 0 Å². The lowest BCUT2D eigenvalue weighted by atomic mass is 10.1. The molecule has 1 amide bonds. The maximum absolute atomic E-state index is 11.7. The minimum atomic E-state index is -0.773. The van der Waals surface area contributed by atoms with E-state index in [2.05, 4.69) is 4.99 Å². The molecule has 0 bridgehead atoms. The van der Waals surface area contributed by atoms with Gasteiger partial charge in [-0.05, 0) is 36.4 Å². The average Bonchev–Trinajstić information content (AvgIpc) is 2.55. The number of hydrogen-bond donors (Lipinski definition) is 2. The lowest BCUT2D eigenvalue weighted by Crippen LogP contribution is -2.21. The SMILES string of the molecule is NC(=O)c1cc2cc([N+](=O)[O-])ccc2oc1=Nc1ccc(O)cc1. The second-order valence-electron chi connectivity index (χ2n) is 4.94. The fourth-order valence-electron chi connectivity index (χ4n) is 2.14. The Hall–Kier alpha value is -3.68. The molecule has 1 aromatic heterocycles. The fraction of sp³-hybridized carbons (Fsp3) is 0. The highest BCUT2D eigenvalue weighted by Crippen LogP contribution is 2.21. The molecule has 8 nitrogen and oxygen atoms in total. The van der Waals surface area contributed by atoms with Gasteiger partial charge in [0.2, 0.25) is 5.55 Å². The summed E-state index contributed by atoms with van der Waals surface area (Å²) < 4.78 is 5.57. The van der Waals surface area contributed by atoms with E-state index in [0.29, 0.717) is 16.7 Å². The second kappa shape index (κ2) is 5.84. The van der Waals surface area contributed by atoms with Crippen LogP contribution in [0.5, 0.6) is 5.75 Å². The van der Waals surface area contributed by atoms with Crippen molar-refractivity contribution in [3.63, 3.8) is 0 Å². The maximum Gasteiger partial charge on any atom is 0.270 e. The van der Waals surface area contributed by atoms with E-state index in [-0.39, 0.29) is 22.6 Å². The molecule has 120 valence electrons. The molecule has 0 saturated heterocycles. The van der Waals surface area contributed by atoms with Crippen molar-refractivity contribution < 1.29 is 19.2 Å². The maximum atomic E-state index is 11.7. The monoisotopic (exact) mass is 325 g/mol. The first-order valence-electron chi connectivity index (χ1n) is 6.80. The van der Waals surface area contributed by atoms with Gasteiger partial charge in [-0.3, -0.25) is 14.9 Å². The Bertz CT molecular complexity index is 1020. The number of carbonyl (C=O) groups is 1. The van der Waals surface area contributed by atoms with Crippen molar-refractivity contribution >= 4 is 28.3 Å². The summed E-state index contributed by atoms with van der Waals surface area (Å²) in [7, 11) is 0. The van der Waals surface area contributed by atoms with Crippen molar-refractivity contribution in [2.24, 2.45) is 10.7 Å². The van der Waals surface area contributed by atoms with E-state index in [9.17, 15) is 20.0 Å². The minimum Gasteiger partial charge on any atom is -0.508 e. The third-order valence-corrected chi connectivity index (χ3v) is 3.29. The number of benzene rings is 2. The number of hydrogen-bond acceptors (Lipinski definition) is 6. The Kier molecular flexibility index (Phi) is 3.70. The Morgan fingerprint density at radius 1 is 1.17 bits per heavy atom. The molecule has 0 aliphatic heterocycles. The number of carbonyl (C=O) groups excluding carboxylic acids is 1. The lowest BCUT2D eigenvalue weighted by Gasteiger charge is -2.02. The molecule has 0 aliphatic carbocycles. The summed E-state index contributed by atoms with van der Waals surface area (Å²) >= 11 is 0. The number of aromatic hydroxyl groups is 1. The van der Waals surface area contributed by atoms with Gasteiger partial charge in [0.1, 0.15) is 16.9 Å². The second-order valence-corrected chi connectivity index (χ2v) is 4.94. The van der Waals surface area contributed by atoms with Crippen LogP contribution >= 0.6 is 0 Å². The molecular formula is C16H11N3O5. The Morgan fingerprint density at radius 2 is 1.88 bits per heavy atom. The molecule has 2 aromatic carbocycles. The van der Waals surface area contributed by atoms with Gasteiger partial charge in [0, 0.05) is 17.5 Å². The number of rotatable bonds is 3. The predicted octanol–water partition coefficient (Wildman–Crippen LogP) is 2.38. The van der Waals surface area contributed by atoms with Crippen molar-refractivity contribution in [2.45, 2.75) is 0 Å². The van der Waals surface area contributed by atoms with Crippen LogP contribution in [0.25, 0.3) is 11.0 Å². The molecule has 24 heavy (non-hydrogen) atoms. The molecule has 0 saturated carbocycles. The highest BCUT2D eigenvalue weighted by molar-refractivity contribution is 5.95. The van der Waals surface area contributed by atoms with E-state index in [4.69, 9.17) is 10.2 Å². The van der Waals surface area contributed by atoms with Crippen LogP contribution in [0.1, 0.15) is 10.4 Å². The number of phenols is 1. The molecule has 3 aromatic rings. The molecule has 0 radical (unpaired) electrons. The van der Waals surface area contributed by atoms with Gasteiger partial charge < -0.3 is 15.3 Å². The molecule has 0 fully saturated rings. The van der Waals surface area contributed by atoms with Crippen LogP contribution in [0.15, 0.2) is 57.9 Å². The van der Waals surface area contributed by atoms with Crippen LogP contribution in [-0.4, -0.2) is 15.9 Å². The van der Waals surface area contributed by atoms with Crippen LogP contribution in [0.4, 0.5) is 11.4 Å². The molecule has 3 N–H and O–H groups in total. The molecule has 0 aliphatic rings. The number of primary amides is 1. The van der Waals surface area contributed by atoms with Gasteiger partial charge in [-0.1, -0.05) is 0 Å². The van der Waals surface area contributed by atoms with E-state index in [1.807, 2.05) is 0 Å². The molecule has 1 heterocycles. The topological polar surface area (TPSA) is 132 Å². The molecule has 0 unspecified atom stereocenters. The lowest BCUT2D eigenvalue weighted by molar-refractivity contribution is -0.384. The van der Waals surface area contributed by atoms with E-state index in [0.717, 1.165) is 0 Å². The zero-order chi connectivity index (χ0) is 17.3. The van der Waals surface area contributed by atoms with Crippen molar-refractivity contribution in [1.29, 1.82) is 0 Å². The summed E-state index contributed by atoms with van der Waals surface area (Å²) in [4.78, 5) is 26.2. The fourth-order valence-corrected chi connectivity index (χ4v) is 2.14. The first kappa shape index (κ1) is 15.2. The zero-order valence-electron chi connectivity index (χ0n) is 12.2. The summed E-state index contributed by atoms with van der Waals surface area (Å²) in [5, 5.41) is 20.5. The Balaban J connectivity index is 2.25. The average molecular weight is 325 g/mol. The van der Waals surface area contributed by atoms with Crippen molar-refractivity contribution in [1.82, 2.24) is 0 Å². The number of phenolic OH excluding ortho intramolecular Hbond substituents is 1. The smallest absolute Gasteiger partial charge is 0.270 e. The van der Waals surface area contributed by atoms with Gasteiger partial charge in [0.15, 0.2) is 0 Å². The van der Waals surface area contributed by atoms with E-state index in [1.54, 1.807) is 0 Å². The van der Waals surface area contributed by atoms with Crippen LogP contribution in [0, 0.1) is 10.1 Å². The summed E-state index contributed by atoms with van der Waals surface area (Å²) in [5.74, 6) is -0.698. The Morgan fingerprint density at radius 3 is 2.50 bits per heavy atom. The third-order valence-electron chi connectivity index (χ3n) is 3.29. The number of fused-ring (bicyclic) bond motifs is 1. The minimum absolute atomic E-state index is 0.00364. The summed E-state index contributed by atoms with van der Waals surface area (Å²) in [6.45, 7) is 0. The predicted molar refractivity (Wildman–Crippen MR) is 84.7 cm³/mol. The van der Waals surface area contributed by atoms with E-state index < -0.39 is 10.8 Å². The van der Waals surface area contributed by atoms with Gasteiger partial charge in [-0.2, -0.15) is 0 Å². The normalized spacial score (nSPS) is 11.6. The number of nitrogens with two attached hydrogens (primary N) is 1. The molecule has 0 atom stereocenters. The van der Waals surface area contributed by atoms with Gasteiger partial charge in [-0.15, -0.1) is 0 Å². The molecular weight excluding hydrogens is 314 g/mol. The number of non-ortho nitro benzene ring substituents is 1. The van der Waals surface area contributed by atoms with Gasteiger partial charge in [-0.25, -0.2) is 4.99 Å². The van der Waals surface area contributed by atoms with Crippen LogP contribution < -0.4 is 11.3 Å². The number of amides is 1. The number of nitro benzene ring substituents is 1. The molecule has 3 rings (SSSR count). The van der Waals surface area contributed by atoms with Crippen LogP contribution in [0.3, 0.4) is 0 Å².